The van der Waals surface area contributed by atoms with Crippen molar-refractivity contribution in [2.24, 2.45) is 0 Å². The number of hydrogen-bond acceptors (Lipinski definition) is 7. The maximum Gasteiger partial charge on any atom is 0.344 e. The van der Waals surface area contributed by atoms with Crippen LogP contribution in [-0.4, -0.2) is 44.8 Å². The van der Waals surface area contributed by atoms with Crippen molar-refractivity contribution in [1.29, 1.82) is 0 Å². The van der Waals surface area contributed by atoms with Crippen molar-refractivity contribution < 1.29 is 19.1 Å². The molecule has 0 aliphatic carbocycles. The zero-order valence-electron chi connectivity index (χ0n) is 16.7. The molecule has 0 aliphatic heterocycles. The lowest BCUT2D eigenvalue weighted by Gasteiger charge is -2.10. The SMILES string of the molecule is Cc1cc(C)nc(-n2nc(C)cc2NC(=O)COC(=O)COc2ccc(Br)cc2)n1. The van der Waals surface area contributed by atoms with E-state index in [2.05, 4.69) is 36.3 Å². The molecule has 30 heavy (non-hydrogen) atoms. The second-order valence-corrected chi connectivity index (χ2v) is 7.40. The van der Waals surface area contributed by atoms with E-state index in [4.69, 9.17) is 9.47 Å². The Kier molecular flexibility index (Phi) is 6.78. The minimum Gasteiger partial charge on any atom is -0.482 e. The van der Waals surface area contributed by atoms with Gasteiger partial charge in [-0.1, -0.05) is 15.9 Å². The molecule has 0 atom stereocenters. The van der Waals surface area contributed by atoms with Crippen molar-refractivity contribution in [3.05, 3.63) is 58.0 Å². The minimum atomic E-state index is -0.657. The summed E-state index contributed by atoms with van der Waals surface area (Å²) in [6, 6.07) is 10.5. The predicted octanol–water partition coefficient (Wildman–Crippen LogP) is 2.91. The molecule has 0 radical (unpaired) electrons. The summed E-state index contributed by atoms with van der Waals surface area (Å²) in [4.78, 5) is 32.8. The summed E-state index contributed by atoms with van der Waals surface area (Å²) in [6.45, 7) is 4.72. The van der Waals surface area contributed by atoms with Crippen LogP contribution in [0.4, 0.5) is 5.82 Å². The zero-order chi connectivity index (χ0) is 21.7. The molecule has 0 bridgehead atoms. The molecule has 0 spiro atoms. The molecule has 9 nitrogen and oxygen atoms in total. The third-order valence-corrected chi connectivity index (χ3v) is 4.32. The highest BCUT2D eigenvalue weighted by molar-refractivity contribution is 9.10. The van der Waals surface area contributed by atoms with Crippen molar-refractivity contribution in [3.63, 3.8) is 0 Å². The highest BCUT2D eigenvalue weighted by Crippen LogP contribution is 2.16. The van der Waals surface area contributed by atoms with Gasteiger partial charge in [-0.3, -0.25) is 4.79 Å². The van der Waals surface area contributed by atoms with Crippen LogP contribution in [0.5, 0.6) is 5.75 Å². The van der Waals surface area contributed by atoms with Crippen molar-refractivity contribution in [1.82, 2.24) is 19.7 Å². The van der Waals surface area contributed by atoms with Gasteiger partial charge in [0.15, 0.2) is 13.2 Å². The highest BCUT2D eigenvalue weighted by Gasteiger charge is 2.15. The van der Waals surface area contributed by atoms with Crippen LogP contribution in [0.2, 0.25) is 0 Å². The third kappa shape index (κ3) is 5.86. The fraction of sp³-hybridized carbons (Fsp3) is 0.250. The number of amides is 1. The summed E-state index contributed by atoms with van der Waals surface area (Å²) in [5.41, 5.74) is 2.23. The molecule has 1 N–H and O–H groups in total. The second-order valence-electron chi connectivity index (χ2n) is 6.48. The molecular formula is C20H20BrN5O4. The Balaban J connectivity index is 1.56. The molecule has 3 rings (SSSR count). The molecule has 1 amide bonds. The highest BCUT2D eigenvalue weighted by atomic mass is 79.9. The van der Waals surface area contributed by atoms with Crippen LogP contribution in [0.15, 0.2) is 40.9 Å². The summed E-state index contributed by atoms with van der Waals surface area (Å²) in [6.07, 6.45) is 0. The van der Waals surface area contributed by atoms with Crippen LogP contribution >= 0.6 is 15.9 Å². The van der Waals surface area contributed by atoms with Gasteiger partial charge in [-0.25, -0.2) is 14.8 Å². The number of hydrogen-bond donors (Lipinski definition) is 1. The number of nitrogens with zero attached hydrogens (tertiary/aromatic N) is 4. The van der Waals surface area contributed by atoms with E-state index in [1.54, 1.807) is 37.3 Å². The number of ether oxygens (including phenoxy) is 2. The molecule has 3 aromatic rings. The first-order valence-corrected chi connectivity index (χ1v) is 9.82. The Hall–Kier alpha value is -3.27. The van der Waals surface area contributed by atoms with Crippen molar-refractivity contribution in [2.75, 3.05) is 18.5 Å². The number of nitrogens with one attached hydrogen (secondary N) is 1. The molecule has 0 aliphatic rings. The summed E-state index contributed by atoms with van der Waals surface area (Å²) in [5, 5.41) is 6.99. The molecule has 10 heteroatoms. The van der Waals surface area contributed by atoms with E-state index in [0.717, 1.165) is 15.9 Å². The lowest BCUT2D eigenvalue weighted by molar-refractivity contribution is -0.149. The fourth-order valence-electron chi connectivity index (χ4n) is 2.58. The largest absolute Gasteiger partial charge is 0.482 e. The van der Waals surface area contributed by atoms with E-state index in [1.807, 2.05) is 19.9 Å². The van der Waals surface area contributed by atoms with E-state index in [0.29, 0.717) is 23.2 Å². The minimum absolute atomic E-state index is 0.303. The van der Waals surface area contributed by atoms with Crippen LogP contribution in [-0.2, 0) is 14.3 Å². The number of carbonyl (C=O) groups is 2. The van der Waals surface area contributed by atoms with Gasteiger partial charge < -0.3 is 14.8 Å². The first kappa shape index (κ1) is 21.4. The number of carbonyl (C=O) groups excluding carboxylic acids is 2. The first-order chi connectivity index (χ1) is 14.3. The van der Waals surface area contributed by atoms with Gasteiger partial charge in [0.25, 0.3) is 11.9 Å². The molecule has 0 saturated carbocycles. The number of aromatic nitrogens is 4. The van der Waals surface area contributed by atoms with Gasteiger partial charge in [0.1, 0.15) is 11.6 Å². The number of benzene rings is 1. The summed E-state index contributed by atoms with van der Waals surface area (Å²) >= 11 is 3.32. The number of halogens is 1. The quantitative estimate of drug-likeness (QED) is 0.525. The Morgan fingerprint density at radius 1 is 1.00 bits per heavy atom. The third-order valence-electron chi connectivity index (χ3n) is 3.79. The number of esters is 1. The van der Waals surface area contributed by atoms with Crippen LogP contribution < -0.4 is 10.1 Å². The van der Waals surface area contributed by atoms with Crippen LogP contribution in [0, 0.1) is 20.8 Å². The molecule has 156 valence electrons. The summed E-state index contributed by atoms with van der Waals surface area (Å²) < 4.78 is 12.6. The van der Waals surface area contributed by atoms with Gasteiger partial charge >= 0.3 is 5.97 Å². The van der Waals surface area contributed by atoms with Crippen LogP contribution in [0.1, 0.15) is 17.1 Å². The smallest absolute Gasteiger partial charge is 0.344 e. The van der Waals surface area contributed by atoms with Gasteiger partial charge in [-0.15, -0.1) is 0 Å². The molecular weight excluding hydrogens is 454 g/mol. The molecule has 2 aromatic heterocycles. The topological polar surface area (TPSA) is 108 Å². The number of rotatable bonds is 7. The van der Waals surface area contributed by atoms with Crippen molar-refractivity contribution in [2.45, 2.75) is 20.8 Å². The van der Waals surface area contributed by atoms with E-state index < -0.39 is 18.5 Å². The van der Waals surface area contributed by atoms with Crippen LogP contribution in [0.25, 0.3) is 5.95 Å². The predicted molar refractivity (Wildman–Crippen MR) is 113 cm³/mol. The zero-order valence-corrected chi connectivity index (χ0v) is 18.3. The Bertz CT molecular complexity index is 1050. The lowest BCUT2D eigenvalue weighted by atomic mass is 10.3. The molecule has 0 saturated heterocycles. The standard InChI is InChI=1S/C20H20BrN5O4/c1-12-8-13(2)23-20(22-12)26-17(9-14(3)25-26)24-18(27)10-30-19(28)11-29-16-6-4-15(21)5-7-16/h4-9H,10-11H2,1-3H3,(H,24,27). The maximum atomic E-state index is 12.2. The van der Waals surface area contributed by atoms with Crippen molar-refractivity contribution >= 4 is 33.6 Å². The molecule has 0 unspecified atom stereocenters. The molecule has 0 fully saturated rings. The average molecular weight is 474 g/mol. The summed E-state index contributed by atoms with van der Waals surface area (Å²) in [5.74, 6) is 0.0702. The fourth-order valence-corrected chi connectivity index (χ4v) is 2.85. The van der Waals surface area contributed by atoms with Gasteiger partial charge in [0.2, 0.25) is 0 Å². The summed E-state index contributed by atoms with van der Waals surface area (Å²) in [7, 11) is 0. The number of anilines is 1. The molecule has 1 aromatic carbocycles. The van der Waals surface area contributed by atoms with Gasteiger partial charge in [-0.2, -0.15) is 9.78 Å². The Morgan fingerprint density at radius 3 is 2.33 bits per heavy atom. The second kappa shape index (κ2) is 9.49. The van der Waals surface area contributed by atoms with Gasteiger partial charge in [0.05, 0.1) is 5.69 Å². The van der Waals surface area contributed by atoms with Gasteiger partial charge in [0, 0.05) is 21.9 Å². The van der Waals surface area contributed by atoms with Crippen molar-refractivity contribution in [3.8, 4) is 11.7 Å². The monoisotopic (exact) mass is 473 g/mol. The average Bonchev–Trinajstić information content (AvgIpc) is 3.05. The van der Waals surface area contributed by atoms with E-state index in [-0.39, 0.29) is 6.61 Å². The van der Waals surface area contributed by atoms with Gasteiger partial charge in [-0.05, 0) is 51.1 Å². The maximum absolute atomic E-state index is 12.2. The van der Waals surface area contributed by atoms with Crippen LogP contribution in [0.3, 0.4) is 0 Å². The normalized spacial score (nSPS) is 10.5. The van der Waals surface area contributed by atoms with E-state index in [1.165, 1.54) is 4.68 Å². The Labute approximate surface area is 181 Å². The first-order valence-electron chi connectivity index (χ1n) is 9.03. The lowest BCUT2D eigenvalue weighted by Crippen LogP contribution is -2.24. The van der Waals surface area contributed by atoms with E-state index in [9.17, 15) is 9.59 Å². The number of aryl methyl sites for hydroxylation is 3. The Morgan fingerprint density at radius 2 is 1.67 bits per heavy atom. The molecule has 2 heterocycles. The van der Waals surface area contributed by atoms with E-state index >= 15 is 0 Å².